The van der Waals surface area contributed by atoms with E-state index in [4.69, 9.17) is 17.3 Å². The Hall–Kier alpha value is -1.07. The average Bonchev–Trinajstić information content (AvgIpc) is 2.59. The van der Waals surface area contributed by atoms with Crippen molar-refractivity contribution in [3.05, 3.63) is 29.8 Å². The minimum absolute atomic E-state index is 0.296. The Morgan fingerprint density at radius 1 is 1.62 bits per heavy atom. The minimum atomic E-state index is -0.910. The predicted octanol–water partition coefficient (Wildman–Crippen LogP) is 2.61. The number of nitrogens with zero attached hydrogens (tertiary/aromatic N) is 1. The van der Waals surface area contributed by atoms with Crippen LogP contribution in [0.1, 0.15) is 17.3 Å². The molecule has 3 nitrogen and oxygen atoms in total. The minimum Gasteiger partial charge on any atom is -0.478 e. The number of hydrogen-bond donors (Lipinski definition) is 1. The van der Waals surface area contributed by atoms with Crippen molar-refractivity contribution in [1.29, 1.82) is 0 Å². The van der Waals surface area contributed by atoms with Crippen LogP contribution in [0.25, 0.3) is 0 Å². The lowest BCUT2D eigenvalue weighted by Gasteiger charge is -2.22. The maximum atomic E-state index is 10.9. The summed E-state index contributed by atoms with van der Waals surface area (Å²) >= 11 is 6.88. The number of anilines is 1. The molecule has 1 aliphatic heterocycles. The Kier molecular flexibility index (Phi) is 3.16. The van der Waals surface area contributed by atoms with E-state index in [1.807, 2.05) is 11.0 Å². The van der Waals surface area contributed by atoms with E-state index in [1.165, 1.54) is 0 Å². The quantitative estimate of drug-likeness (QED) is 0.820. The van der Waals surface area contributed by atoms with Gasteiger partial charge in [-0.15, -0.1) is 0 Å². The van der Waals surface area contributed by atoms with Gasteiger partial charge in [0.05, 0.1) is 5.56 Å². The van der Waals surface area contributed by atoms with E-state index < -0.39 is 5.97 Å². The normalized spacial score (nSPS) is 20.2. The van der Waals surface area contributed by atoms with Gasteiger partial charge >= 0.3 is 5.97 Å². The van der Waals surface area contributed by atoms with E-state index in [0.29, 0.717) is 11.6 Å². The number of thiocarbonyl (C=S) groups is 1. The van der Waals surface area contributed by atoms with Gasteiger partial charge in [-0.05, 0) is 25.1 Å². The molecule has 2 rings (SSSR count). The number of hydrogen-bond acceptors (Lipinski definition) is 3. The number of carboxylic acid groups (broad SMARTS) is 1. The fourth-order valence-electron chi connectivity index (χ4n) is 1.66. The van der Waals surface area contributed by atoms with Crippen LogP contribution in [0.2, 0.25) is 0 Å². The molecule has 0 saturated carbocycles. The molecule has 1 N–H and O–H groups in total. The second kappa shape index (κ2) is 4.43. The molecule has 0 aliphatic carbocycles. The van der Waals surface area contributed by atoms with Crippen LogP contribution >= 0.6 is 24.0 Å². The largest absolute Gasteiger partial charge is 0.478 e. The summed E-state index contributed by atoms with van der Waals surface area (Å²) in [5.41, 5.74) is 1.16. The van der Waals surface area contributed by atoms with E-state index in [2.05, 4.69) is 6.92 Å². The molecule has 5 heteroatoms. The second-order valence-electron chi connectivity index (χ2n) is 3.65. The number of aromatic carboxylic acids is 1. The van der Waals surface area contributed by atoms with E-state index in [-0.39, 0.29) is 0 Å². The van der Waals surface area contributed by atoms with Crippen LogP contribution in [0.3, 0.4) is 0 Å². The Bertz CT molecular complexity index is 447. The van der Waals surface area contributed by atoms with Crippen LogP contribution < -0.4 is 4.90 Å². The van der Waals surface area contributed by atoms with E-state index in [9.17, 15) is 4.79 Å². The predicted molar refractivity (Wildman–Crippen MR) is 70.4 cm³/mol. The SMILES string of the molecule is CC1CSC(=S)N1c1cccc(C(=O)O)c1. The van der Waals surface area contributed by atoms with E-state index in [1.54, 1.807) is 30.0 Å². The highest BCUT2D eigenvalue weighted by atomic mass is 32.2. The number of benzene rings is 1. The number of carbonyl (C=O) groups is 1. The summed E-state index contributed by atoms with van der Waals surface area (Å²) in [5.74, 6) is 0.0446. The molecule has 0 aromatic heterocycles. The van der Waals surface area contributed by atoms with Gasteiger partial charge in [0.15, 0.2) is 0 Å². The van der Waals surface area contributed by atoms with Crippen LogP contribution in [-0.2, 0) is 0 Å². The summed E-state index contributed by atoms with van der Waals surface area (Å²) in [6.45, 7) is 2.08. The Morgan fingerprint density at radius 3 is 2.94 bits per heavy atom. The first kappa shape index (κ1) is 11.4. The first-order chi connectivity index (χ1) is 7.59. The van der Waals surface area contributed by atoms with Gasteiger partial charge in [-0.25, -0.2) is 4.79 Å². The lowest BCUT2D eigenvalue weighted by atomic mass is 10.2. The van der Waals surface area contributed by atoms with Crippen LogP contribution in [0.4, 0.5) is 5.69 Å². The Balaban J connectivity index is 2.36. The maximum absolute atomic E-state index is 10.9. The van der Waals surface area contributed by atoms with Gasteiger partial charge in [0.2, 0.25) is 0 Å². The summed E-state index contributed by atoms with van der Waals surface area (Å²) in [7, 11) is 0. The van der Waals surface area contributed by atoms with Gasteiger partial charge in [-0.2, -0.15) is 0 Å². The van der Waals surface area contributed by atoms with E-state index >= 15 is 0 Å². The fraction of sp³-hybridized carbons (Fsp3) is 0.273. The Labute approximate surface area is 103 Å². The van der Waals surface area contributed by atoms with Crippen molar-refractivity contribution in [1.82, 2.24) is 0 Å². The van der Waals surface area contributed by atoms with Crippen molar-refractivity contribution in [3.63, 3.8) is 0 Å². The van der Waals surface area contributed by atoms with Crippen molar-refractivity contribution >= 4 is 40.0 Å². The zero-order chi connectivity index (χ0) is 11.7. The molecule has 1 aromatic rings. The first-order valence-corrected chi connectivity index (χ1v) is 6.28. The molecule has 1 saturated heterocycles. The molecule has 84 valence electrons. The molecule has 16 heavy (non-hydrogen) atoms. The third kappa shape index (κ3) is 2.05. The number of carboxylic acids is 1. The molecular formula is C11H11NO2S2. The van der Waals surface area contributed by atoms with Crippen molar-refractivity contribution in [2.24, 2.45) is 0 Å². The smallest absolute Gasteiger partial charge is 0.335 e. The first-order valence-electron chi connectivity index (χ1n) is 4.89. The van der Waals surface area contributed by atoms with Crippen molar-refractivity contribution < 1.29 is 9.90 Å². The molecule has 0 spiro atoms. The van der Waals surface area contributed by atoms with Crippen LogP contribution in [0.15, 0.2) is 24.3 Å². The van der Waals surface area contributed by atoms with Gasteiger partial charge in [0.25, 0.3) is 0 Å². The lowest BCUT2D eigenvalue weighted by Crippen LogP contribution is -2.30. The van der Waals surface area contributed by atoms with Gasteiger partial charge in [0.1, 0.15) is 4.32 Å². The third-order valence-electron chi connectivity index (χ3n) is 2.46. The fourth-order valence-corrected chi connectivity index (χ4v) is 3.11. The molecule has 0 amide bonds. The van der Waals surface area contributed by atoms with Gasteiger partial charge in [0, 0.05) is 17.5 Å². The van der Waals surface area contributed by atoms with Crippen LogP contribution in [0.5, 0.6) is 0 Å². The highest BCUT2D eigenvalue weighted by Crippen LogP contribution is 2.30. The van der Waals surface area contributed by atoms with Crippen LogP contribution in [-0.4, -0.2) is 27.2 Å². The van der Waals surface area contributed by atoms with Gasteiger partial charge in [-0.3, -0.25) is 0 Å². The summed E-state index contributed by atoms with van der Waals surface area (Å²) in [6.07, 6.45) is 0. The van der Waals surface area contributed by atoms with Crippen LogP contribution in [0, 0.1) is 0 Å². The molecule has 1 aliphatic rings. The highest BCUT2D eigenvalue weighted by Gasteiger charge is 2.26. The summed E-state index contributed by atoms with van der Waals surface area (Å²) in [5, 5.41) is 8.93. The molecule has 0 bridgehead atoms. The second-order valence-corrected chi connectivity index (χ2v) is 5.31. The third-order valence-corrected chi connectivity index (χ3v) is 4.10. The zero-order valence-corrected chi connectivity index (χ0v) is 10.3. The van der Waals surface area contributed by atoms with Gasteiger partial charge < -0.3 is 10.0 Å². The Morgan fingerprint density at radius 2 is 2.38 bits per heavy atom. The average molecular weight is 253 g/mol. The molecule has 1 heterocycles. The molecule has 1 unspecified atom stereocenters. The van der Waals surface area contributed by atoms with Crippen molar-refractivity contribution in [2.75, 3.05) is 10.7 Å². The monoisotopic (exact) mass is 253 g/mol. The summed E-state index contributed by atoms with van der Waals surface area (Å²) in [6, 6.07) is 7.21. The number of thioether (sulfide) groups is 1. The lowest BCUT2D eigenvalue weighted by molar-refractivity contribution is 0.0697. The van der Waals surface area contributed by atoms with Gasteiger partial charge in [-0.1, -0.05) is 30.0 Å². The standard InChI is InChI=1S/C11H11NO2S2/c1-7-6-16-11(15)12(7)9-4-2-3-8(5-9)10(13)14/h2-5,7H,6H2,1H3,(H,13,14). The maximum Gasteiger partial charge on any atom is 0.335 e. The summed E-state index contributed by atoms with van der Waals surface area (Å²) in [4.78, 5) is 12.9. The van der Waals surface area contributed by atoms with E-state index in [0.717, 1.165) is 15.8 Å². The molecule has 1 aromatic carbocycles. The molecule has 1 fully saturated rings. The molecule has 1 atom stereocenters. The zero-order valence-electron chi connectivity index (χ0n) is 8.71. The van der Waals surface area contributed by atoms with Crippen molar-refractivity contribution in [3.8, 4) is 0 Å². The molecule has 0 radical (unpaired) electrons. The topological polar surface area (TPSA) is 40.5 Å². The summed E-state index contributed by atoms with van der Waals surface area (Å²) < 4.78 is 0.815. The highest BCUT2D eigenvalue weighted by molar-refractivity contribution is 8.23. The molecular weight excluding hydrogens is 242 g/mol. The van der Waals surface area contributed by atoms with Crippen molar-refractivity contribution in [2.45, 2.75) is 13.0 Å². The number of rotatable bonds is 2.